The molecule has 0 spiro atoms. The molecule has 4 rings (SSSR count). The summed E-state index contributed by atoms with van der Waals surface area (Å²) in [6.45, 7) is 0. The fraction of sp³-hybridized carbons (Fsp3) is 0.136. The van der Waals surface area contributed by atoms with Crippen LogP contribution in [0.3, 0.4) is 0 Å². The third-order valence-electron chi connectivity index (χ3n) is 4.96. The van der Waals surface area contributed by atoms with Crippen LogP contribution in [-0.4, -0.2) is 27.6 Å². The van der Waals surface area contributed by atoms with E-state index in [1.54, 1.807) is 30.5 Å². The SMILES string of the molecule is O=S(=O)(Nc1cc(Cl)ccc1S(=O)(=O)CCc1ccccn1)C1=Cc2ccccc2C1. The van der Waals surface area contributed by atoms with E-state index in [0.717, 1.165) is 11.1 Å². The number of aryl methyl sites for hydroxylation is 1. The first-order valence-electron chi connectivity index (χ1n) is 9.48. The number of nitrogens with zero attached hydrogens (tertiary/aromatic N) is 1. The molecule has 9 heteroatoms. The number of fused-ring (bicyclic) bond motifs is 1. The van der Waals surface area contributed by atoms with Crippen LogP contribution < -0.4 is 4.72 Å². The van der Waals surface area contributed by atoms with Crippen molar-refractivity contribution >= 4 is 43.2 Å². The minimum atomic E-state index is -3.97. The van der Waals surface area contributed by atoms with Gasteiger partial charge < -0.3 is 0 Å². The van der Waals surface area contributed by atoms with Gasteiger partial charge in [-0.05, 0) is 47.5 Å². The Morgan fingerprint density at radius 1 is 0.968 bits per heavy atom. The van der Waals surface area contributed by atoms with Gasteiger partial charge in [-0.1, -0.05) is 41.9 Å². The monoisotopic (exact) mass is 474 g/mol. The number of pyridine rings is 1. The maximum atomic E-state index is 13.0. The lowest BCUT2D eigenvalue weighted by Crippen LogP contribution is -2.18. The van der Waals surface area contributed by atoms with Crippen LogP contribution in [0.2, 0.25) is 5.02 Å². The van der Waals surface area contributed by atoms with E-state index in [2.05, 4.69) is 9.71 Å². The second kappa shape index (κ2) is 8.45. The Hall–Kier alpha value is -2.68. The summed E-state index contributed by atoms with van der Waals surface area (Å²) in [5.41, 5.74) is 2.30. The van der Waals surface area contributed by atoms with Gasteiger partial charge in [-0.3, -0.25) is 9.71 Å². The number of anilines is 1. The molecule has 2 aromatic carbocycles. The van der Waals surface area contributed by atoms with E-state index >= 15 is 0 Å². The second-order valence-electron chi connectivity index (χ2n) is 7.12. The zero-order chi connectivity index (χ0) is 22.1. The first-order chi connectivity index (χ1) is 14.7. The molecule has 0 bridgehead atoms. The number of benzene rings is 2. The molecular formula is C22H19ClN2O4S2. The van der Waals surface area contributed by atoms with Gasteiger partial charge in [0, 0.05) is 29.8 Å². The number of hydrogen-bond donors (Lipinski definition) is 1. The fourth-order valence-corrected chi connectivity index (χ4v) is 6.25. The van der Waals surface area contributed by atoms with Crippen molar-refractivity contribution in [3.63, 3.8) is 0 Å². The number of halogens is 1. The molecular weight excluding hydrogens is 456 g/mol. The van der Waals surface area contributed by atoms with E-state index < -0.39 is 19.9 Å². The van der Waals surface area contributed by atoms with Crippen molar-refractivity contribution < 1.29 is 16.8 Å². The third kappa shape index (κ3) is 4.81. The average molecular weight is 475 g/mol. The Kier molecular flexibility index (Phi) is 5.88. The van der Waals surface area contributed by atoms with E-state index in [1.165, 1.54) is 18.2 Å². The van der Waals surface area contributed by atoms with Crippen LogP contribution in [0.15, 0.2) is 76.7 Å². The molecule has 160 valence electrons. The van der Waals surface area contributed by atoms with Crippen molar-refractivity contribution in [3.8, 4) is 0 Å². The van der Waals surface area contributed by atoms with Crippen molar-refractivity contribution in [2.75, 3.05) is 10.5 Å². The van der Waals surface area contributed by atoms with Crippen LogP contribution >= 0.6 is 11.6 Å². The minimum Gasteiger partial charge on any atom is -0.279 e. The summed E-state index contributed by atoms with van der Waals surface area (Å²) < 4.78 is 54.5. The summed E-state index contributed by atoms with van der Waals surface area (Å²) in [5, 5.41) is 0.227. The predicted molar refractivity (Wildman–Crippen MR) is 122 cm³/mol. The van der Waals surface area contributed by atoms with Crippen molar-refractivity contribution in [1.29, 1.82) is 0 Å². The number of aromatic nitrogens is 1. The van der Waals surface area contributed by atoms with Crippen LogP contribution in [0.25, 0.3) is 6.08 Å². The lowest BCUT2D eigenvalue weighted by molar-refractivity contribution is 0.595. The maximum Gasteiger partial charge on any atom is 0.258 e. The van der Waals surface area contributed by atoms with Gasteiger partial charge in [-0.15, -0.1) is 0 Å². The van der Waals surface area contributed by atoms with Gasteiger partial charge in [-0.2, -0.15) is 0 Å². The number of sulfone groups is 1. The van der Waals surface area contributed by atoms with Crippen molar-refractivity contribution in [1.82, 2.24) is 4.98 Å². The summed E-state index contributed by atoms with van der Waals surface area (Å²) in [6.07, 6.45) is 3.64. The maximum absolute atomic E-state index is 13.0. The highest BCUT2D eigenvalue weighted by molar-refractivity contribution is 7.96. The first kappa shape index (κ1) is 21.5. The Bertz CT molecular complexity index is 1370. The highest BCUT2D eigenvalue weighted by atomic mass is 35.5. The van der Waals surface area contributed by atoms with Crippen LogP contribution in [0, 0.1) is 0 Å². The van der Waals surface area contributed by atoms with Gasteiger partial charge in [0.25, 0.3) is 10.0 Å². The van der Waals surface area contributed by atoms with Crippen molar-refractivity contribution in [3.05, 3.63) is 93.6 Å². The quantitative estimate of drug-likeness (QED) is 0.556. The molecule has 1 N–H and O–H groups in total. The van der Waals surface area contributed by atoms with E-state index in [-0.39, 0.29) is 39.1 Å². The van der Waals surface area contributed by atoms with Crippen molar-refractivity contribution in [2.45, 2.75) is 17.7 Å². The molecule has 0 unspecified atom stereocenters. The molecule has 1 aromatic heterocycles. The van der Waals surface area contributed by atoms with Crippen LogP contribution in [0.5, 0.6) is 0 Å². The van der Waals surface area contributed by atoms with E-state index in [1.807, 2.05) is 24.3 Å². The van der Waals surface area contributed by atoms with E-state index in [9.17, 15) is 16.8 Å². The number of sulfonamides is 1. The standard InChI is InChI=1S/C22H19ClN2O4S2/c23-18-8-9-22(30(26,27)12-10-19-7-3-4-11-24-19)21(15-18)25-31(28,29)20-13-16-5-1-2-6-17(16)14-20/h1-9,11,13,15,25H,10,12,14H2. The summed E-state index contributed by atoms with van der Waals surface area (Å²) >= 11 is 6.05. The number of nitrogens with one attached hydrogen (secondary N) is 1. The first-order valence-corrected chi connectivity index (χ1v) is 13.0. The van der Waals surface area contributed by atoms with E-state index in [0.29, 0.717) is 5.69 Å². The molecule has 6 nitrogen and oxygen atoms in total. The summed E-state index contributed by atoms with van der Waals surface area (Å²) in [6, 6.07) is 16.7. The van der Waals surface area contributed by atoms with Crippen LogP contribution in [0.4, 0.5) is 5.69 Å². The van der Waals surface area contributed by atoms with Gasteiger partial charge in [0.2, 0.25) is 0 Å². The Morgan fingerprint density at radius 3 is 2.48 bits per heavy atom. The predicted octanol–water partition coefficient (Wildman–Crippen LogP) is 4.09. The Morgan fingerprint density at radius 2 is 1.74 bits per heavy atom. The summed E-state index contributed by atoms with van der Waals surface area (Å²) in [7, 11) is -7.77. The molecule has 3 aromatic rings. The van der Waals surface area contributed by atoms with Gasteiger partial charge in [-0.25, -0.2) is 16.8 Å². The molecule has 1 aliphatic carbocycles. The van der Waals surface area contributed by atoms with Gasteiger partial charge in [0.1, 0.15) is 0 Å². The zero-order valence-corrected chi connectivity index (χ0v) is 18.7. The summed E-state index contributed by atoms with van der Waals surface area (Å²) in [5.74, 6) is -0.214. The lowest BCUT2D eigenvalue weighted by Gasteiger charge is -2.14. The lowest BCUT2D eigenvalue weighted by atomic mass is 10.1. The third-order valence-corrected chi connectivity index (χ3v) is 8.40. The fourth-order valence-electron chi connectivity index (χ4n) is 3.38. The zero-order valence-electron chi connectivity index (χ0n) is 16.3. The van der Waals surface area contributed by atoms with Gasteiger partial charge >= 0.3 is 0 Å². The van der Waals surface area contributed by atoms with E-state index in [4.69, 9.17) is 11.6 Å². The van der Waals surface area contributed by atoms with Gasteiger partial charge in [0.05, 0.1) is 21.2 Å². The number of rotatable bonds is 7. The Labute approximate surface area is 186 Å². The van der Waals surface area contributed by atoms with Crippen LogP contribution in [0.1, 0.15) is 16.8 Å². The molecule has 1 heterocycles. The normalized spacial score (nSPS) is 13.5. The summed E-state index contributed by atoms with van der Waals surface area (Å²) in [4.78, 5) is 4.19. The largest absolute Gasteiger partial charge is 0.279 e. The molecule has 0 saturated heterocycles. The minimum absolute atomic E-state index is 0.0645. The molecule has 0 atom stereocenters. The molecule has 0 saturated carbocycles. The molecule has 1 aliphatic rings. The molecule has 0 aliphatic heterocycles. The smallest absolute Gasteiger partial charge is 0.258 e. The molecule has 0 radical (unpaired) electrons. The molecule has 31 heavy (non-hydrogen) atoms. The number of hydrogen-bond acceptors (Lipinski definition) is 5. The molecule has 0 amide bonds. The average Bonchev–Trinajstić information content (AvgIpc) is 3.18. The van der Waals surface area contributed by atoms with Gasteiger partial charge in [0.15, 0.2) is 9.84 Å². The second-order valence-corrected chi connectivity index (χ2v) is 11.4. The topological polar surface area (TPSA) is 93.2 Å². The van der Waals surface area contributed by atoms with Crippen LogP contribution in [-0.2, 0) is 32.7 Å². The van der Waals surface area contributed by atoms with Crippen molar-refractivity contribution in [2.24, 2.45) is 0 Å². The molecule has 0 fully saturated rings. The highest BCUT2D eigenvalue weighted by Gasteiger charge is 2.27. The Balaban J connectivity index is 1.61. The highest BCUT2D eigenvalue weighted by Crippen LogP contribution is 2.32. The number of allylic oxidation sites excluding steroid dienone is 1.